The highest BCUT2D eigenvalue weighted by Crippen LogP contribution is 2.38. The lowest BCUT2D eigenvalue weighted by atomic mass is 9.98. The van der Waals surface area contributed by atoms with Crippen molar-refractivity contribution in [2.75, 3.05) is 18.5 Å². The molecule has 4 aromatic rings. The zero-order chi connectivity index (χ0) is 30.6. The molecule has 0 fully saturated rings. The number of halogens is 4. The van der Waals surface area contributed by atoms with E-state index in [1.54, 1.807) is 6.07 Å². The zero-order valence-electron chi connectivity index (χ0n) is 22.5. The quantitative estimate of drug-likeness (QED) is 0.212. The monoisotopic (exact) mass is 589 g/mol. The molecule has 0 saturated carbocycles. The summed E-state index contributed by atoms with van der Waals surface area (Å²) >= 11 is 0. The first-order chi connectivity index (χ1) is 19.9. The highest BCUT2D eigenvalue weighted by molar-refractivity contribution is 5.80. The summed E-state index contributed by atoms with van der Waals surface area (Å²) in [4.78, 5) is 24.5. The molecule has 3 N–H and O–H groups in total. The van der Waals surface area contributed by atoms with Crippen molar-refractivity contribution in [3.63, 3.8) is 0 Å². The fraction of sp³-hybridized carbons (Fsp3) is 0.276. The Balaban J connectivity index is 0.000000517. The molecule has 0 spiro atoms. The molecule has 13 heteroatoms. The number of fused-ring (bicyclic) bond motifs is 2. The number of carboxylic acids is 2. The van der Waals surface area contributed by atoms with Crippen LogP contribution in [0.3, 0.4) is 0 Å². The van der Waals surface area contributed by atoms with Gasteiger partial charge in [0.05, 0.1) is 36.4 Å². The Morgan fingerprint density at radius 1 is 1.14 bits per heavy atom. The summed E-state index contributed by atoms with van der Waals surface area (Å²) in [5, 5.41) is 19.7. The van der Waals surface area contributed by atoms with E-state index in [0.29, 0.717) is 36.8 Å². The van der Waals surface area contributed by atoms with Gasteiger partial charge in [0.15, 0.2) is 0 Å². The molecule has 222 valence electrons. The van der Waals surface area contributed by atoms with E-state index in [2.05, 4.69) is 10.3 Å². The first-order valence-electron chi connectivity index (χ1n) is 12.8. The Morgan fingerprint density at radius 2 is 1.88 bits per heavy atom. The minimum absolute atomic E-state index is 0.0579. The van der Waals surface area contributed by atoms with Crippen molar-refractivity contribution < 1.29 is 46.8 Å². The number of carboxylic acid groups (broad SMARTS) is 2. The van der Waals surface area contributed by atoms with Gasteiger partial charge in [0.25, 0.3) is 0 Å². The third-order valence-corrected chi connectivity index (χ3v) is 6.56. The molecule has 5 rings (SSSR count). The number of nitrogens with one attached hydrogen (secondary N) is 1. The molecular weight excluding hydrogens is 562 g/mol. The summed E-state index contributed by atoms with van der Waals surface area (Å²) in [5.41, 5.74) is 6.07. The average Bonchev–Trinajstić information content (AvgIpc) is 3.48. The van der Waals surface area contributed by atoms with Crippen molar-refractivity contribution >= 4 is 28.7 Å². The predicted octanol–water partition coefficient (Wildman–Crippen LogP) is 6.07. The number of hydrogen-bond acceptors (Lipinski definition) is 6. The van der Waals surface area contributed by atoms with Gasteiger partial charge in [0.2, 0.25) is 0 Å². The van der Waals surface area contributed by atoms with Gasteiger partial charge in [-0.3, -0.25) is 9.36 Å². The number of hydrogen-bond donors (Lipinski definition) is 3. The van der Waals surface area contributed by atoms with Gasteiger partial charge >= 0.3 is 24.1 Å². The van der Waals surface area contributed by atoms with E-state index in [1.165, 1.54) is 12.1 Å². The summed E-state index contributed by atoms with van der Waals surface area (Å²) in [5.74, 6) is -3.32. The van der Waals surface area contributed by atoms with Crippen LogP contribution in [0.2, 0.25) is 0 Å². The Morgan fingerprint density at radius 3 is 2.55 bits per heavy atom. The fourth-order valence-corrected chi connectivity index (χ4v) is 4.55. The number of benzene rings is 3. The van der Waals surface area contributed by atoms with E-state index in [0.717, 1.165) is 33.8 Å². The van der Waals surface area contributed by atoms with E-state index in [9.17, 15) is 22.4 Å². The molecular formula is C29H27F4N3O6. The van der Waals surface area contributed by atoms with Crippen LogP contribution in [0.1, 0.15) is 36.0 Å². The molecule has 1 aliphatic heterocycles. The Kier molecular flexibility index (Phi) is 8.88. The number of alkyl halides is 3. The SMILES string of the molecule is CCOc1nc2ccc(F)cc2n1-c1cccc(CNc2ccc3c(c2)OC[C@H]3CC(=O)O)c1C.O=C(O)C(F)(F)F. The maximum atomic E-state index is 14.1. The van der Waals surface area contributed by atoms with Crippen molar-refractivity contribution in [1.29, 1.82) is 0 Å². The second-order valence-corrected chi connectivity index (χ2v) is 9.37. The minimum Gasteiger partial charge on any atom is -0.493 e. The lowest BCUT2D eigenvalue weighted by Crippen LogP contribution is -2.21. The third kappa shape index (κ3) is 6.73. The highest BCUT2D eigenvalue weighted by atomic mass is 19.4. The molecule has 0 amide bonds. The second-order valence-electron chi connectivity index (χ2n) is 9.37. The number of imidazole rings is 1. The molecule has 1 aromatic heterocycles. The summed E-state index contributed by atoms with van der Waals surface area (Å²) in [6, 6.07) is 16.7. The predicted molar refractivity (Wildman–Crippen MR) is 145 cm³/mol. The summed E-state index contributed by atoms with van der Waals surface area (Å²) < 4.78 is 59.2. The fourth-order valence-electron chi connectivity index (χ4n) is 4.55. The van der Waals surface area contributed by atoms with Gasteiger partial charge < -0.3 is 25.0 Å². The number of nitrogens with zero attached hydrogens (tertiary/aromatic N) is 2. The maximum Gasteiger partial charge on any atom is 0.490 e. The van der Waals surface area contributed by atoms with Crippen molar-refractivity contribution in [3.05, 3.63) is 77.1 Å². The maximum absolute atomic E-state index is 14.1. The largest absolute Gasteiger partial charge is 0.493 e. The summed E-state index contributed by atoms with van der Waals surface area (Å²) in [6.07, 6.45) is -5.03. The molecule has 0 radical (unpaired) electrons. The topological polar surface area (TPSA) is 123 Å². The van der Waals surface area contributed by atoms with E-state index < -0.39 is 18.1 Å². The summed E-state index contributed by atoms with van der Waals surface area (Å²) in [7, 11) is 0. The van der Waals surface area contributed by atoms with Gasteiger partial charge in [-0.05, 0) is 49.2 Å². The normalized spacial score (nSPS) is 14.0. The van der Waals surface area contributed by atoms with Crippen LogP contribution in [0, 0.1) is 12.7 Å². The molecule has 0 unspecified atom stereocenters. The summed E-state index contributed by atoms with van der Waals surface area (Å²) in [6.45, 7) is 5.30. The van der Waals surface area contributed by atoms with Crippen molar-refractivity contribution in [3.8, 4) is 17.4 Å². The lowest BCUT2D eigenvalue weighted by molar-refractivity contribution is -0.192. The van der Waals surface area contributed by atoms with E-state index in [-0.39, 0.29) is 18.2 Å². The van der Waals surface area contributed by atoms with Crippen LogP contribution < -0.4 is 14.8 Å². The van der Waals surface area contributed by atoms with Crippen LogP contribution in [0.25, 0.3) is 16.7 Å². The average molecular weight is 590 g/mol. The molecule has 0 bridgehead atoms. The van der Waals surface area contributed by atoms with Crippen molar-refractivity contribution in [2.24, 2.45) is 0 Å². The number of ether oxygens (including phenoxy) is 2. The van der Waals surface area contributed by atoms with Crippen molar-refractivity contribution in [1.82, 2.24) is 9.55 Å². The standard InChI is InChI=1S/C27H26FN3O4.C2HF3O2/c1-3-34-27-30-22-10-7-19(28)12-24(22)31(27)23-6-4-5-17(16(23)2)14-29-20-8-9-21-18(11-26(32)33)15-35-25(21)13-20;3-2(4,5)1(6)7/h4-10,12-13,18,29H,3,11,14-15H2,1-2H3,(H,32,33);(H,6,7)/t18-;/m1./s1. The Hall–Kier alpha value is -4.81. The molecule has 0 aliphatic carbocycles. The number of aromatic nitrogens is 2. The Bertz CT molecular complexity index is 1620. The van der Waals surface area contributed by atoms with Crippen LogP contribution in [0.5, 0.6) is 11.8 Å². The lowest BCUT2D eigenvalue weighted by Gasteiger charge is -2.16. The van der Waals surface area contributed by atoms with Crippen molar-refractivity contribution in [2.45, 2.75) is 38.9 Å². The number of carbonyl (C=O) groups is 2. The Labute approximate surface area is 237 Å². The second kappa shape index (κ2) is 12.4. The van der Waals surface area contributed by atoms with E-state index in [4.69, 9.17) is 24.5 Å². The van der Waals surface area contributed by atoms with Gasteiger partial charge in [-0.1, -0.05) is 18.2 Å². The smallest absolute Gasteiger partial charge is 0.490 e. The van der Waals surface area contributed by atoms with Crippen LogP contribution in [-0.2, 0) is 16.1 Å². The third-order valence-electron chi connectivity index (χ3n) is 6.56. The van der Waals surface area contributed by atoms with Gasteiger partial charge in [-0.2, -0.15) is 18.2 Å². The van der Waals surface area contributed by atoms with E-state index >= 15 is 0 Å². The van der Waals surface area contributed by atoms with Gasteiger partial charge in [-0.15, -0.1) is 0 Å². The molecule has 42 heavy (non-hydrogen) atoms. The highest BCUT2D eigenvalue weighted by Gasteiger charge is 2.38. The van der Waals surface area contributed by atoms with Gasteiger partial charge in [0, 0.05) is 35.8 Å². The molecule has 2 heterocycles. The first-order valence-corrected chi connectivity index (χ1v) is 12.8. The van der Waals surface area contributed by atoms with Crippen LogP contribution in [0.15, 0.2) is 54.6 Å². The van der Waals surface area contributed by atoms with Gasteiger partial charge in [0.1, 0.15) is 11.6 Å². The molecule has 0 saturated heterocycles. The van der Waals surface area contributed by atoms with E-state index in [1.807, 2.05) is 54.8 Å². The molecule has 3 aromatic carbocycles. The van der Waals surface area contributed by atoms with Gasteiger partial charge in [-0.25, -0.2) is 9.18 Å². The first kappa shape index (κ1) is 30.2. The van der Waals surface area contributed by atoms with Crippen LogP contribution >= 0.6 is 0 Å². The zero-order valence-corrected chi connectivity index (χ0v) is 22.5. The number of anilines is 1. The molecule has 1 aliphatic rings. The van der Waals surface area contributed by atoms with Crippen LogP contribution in [-0.4, -0.2) is 51.1 Å². The molecule has 9 nitrogen and oxygen atoms in total. The number of aliphatic carboxylic acids is 2. The minimum atomic E-state index is -5.08. The molecule has 1 atom stereocenters. The number of rotatable bonds is 8. The van der Waals surface area contributed by atoms with Crippen LogP contribution in [0.4, 0.5) is 23.2 Å².